The van der Waals surface area contributed by atoms with Crippen molar-refractivity contribution in [3.8, 4) is 0 Å². The second kappa shape index (κ2) is 3.05. The van der Waals surface area contributed by atoms with Crippen LogP contribution in [0.1, 0.15) is 6.92 Å². The van der Waals surface area contributed by atoms with Crippen LogP contribution in [0, 0.1) is 0 Å². The number of hydrogen-bond acceptors (Lipinski definition) is 3. The van der Waals surface area contributed by atoms with E-state index in [1.54, 1.807) is 12.3 Å². The smallest absolute Gasteiger partial charge is 0.188 e. The van der Waals surface area contributed by atoms with Crippen molar-refractivity contribution in [1.29, 1.82) is 0 Å². The molecule has 0 radical (unpaired) electrons. The van der Waals surface area contributed by atoms with Gasteiger partial charge >= 0.3 is 0 Å². The normalized spacial score (nSPS) is 29.0. The molecule has 0 aromatic rings. The third-order valence-electron chi connectivity index (χ3n) is 1.53. The zero-order valence-corrected chi connectivity index (χ0v) is 7.07. The molecular formula is C8H13NO2. The van der Waals surface area contributed by atoms with Crippen LogP contribution in [-0.2, 0) is 9.53 Å². The molecule has 0 aromatic carbocycles. The van der Waals surface area contributed by atoms with Gasteiger partial charge in [0.05, 0.1) is 6.10 Å². The molecule has 0 N–H and O–H groups in total. The van der Waals surface area contributed by atoms with Gasteiger partial charge in [0.2, 0.25) is 0 Å². The van der Waals surface area contributed by atoms with E-state index >= 15 is 0 Å². The Morgan fingerprint density at radius 1 is 1.55 bits per heavy atom. The Morgan fingerprint density at radius 3 is 2.45 bits per heavy atom. The summed E-state index contributed by atoms with van der Waals surface area (Å²) in [6.45, 7) is 1.89. The molecule has 0 aliphatic carbocycles. The van der Waals surface area contributed by atoms with Gasteiger partial charge in [0.1, 0.15) is 6.10 Å². The van der Waals surface area contributed by atoms with Crippen molar-refractivity contribution in [2.45, 2.75) is 19.1 Å². The predicted molar refractivity (Wildman–Crippen MR) is 42.2 cm³/mol. The highest BCUT2D eigenvalue weighted by molar-refractivity contribution is 5.95. The minimum Gasteiger partial charge on any atom is -0.383 e. The Balaban J connectivity index is 2.32. The summed E-state index contributed by atoms with van der Waals surface area (Å²) < 4.78 is 4.99. The van der Waals surface area contributed by atoms with E-state index in [0.29, 0.717) is 0 Å². The Hall–Kier alpha value is -0.830. The van der Waals surface area contributed by atoms with Crippen LogP contribution in [0.15, 0.2) is 12.3 Å². The topological polar surface area (TPSA) is 32.8 Å². The lowest BCUT2D eigenvalue weighted by Crippen LogP contribution is -2.08. The van der Waals surface area contributed by atoms with Gasteiger partial charge in [-0.25, -0.2) is 0 Å². The van der Waals surface area contributed by atoms with Crippen molar-refractivity contribution in [3.05, 3.63) is 12.3 Å². The highest BCUT2D eigenvalue weighted by Gasteiger charge is 2.39. The van der Waals surface area contributed by atoms with Gasteiger partial charge in [-0.3, -0.25) is 4.79 Å². The summed E-state index contributed by atoms with van der Waals surface area (Å²) in [5, 5.41) is 0. The third-order valence-corrected chi connectivity index (χ3v) is 1.53. The molecule has 1 heterocycles. The summed E-state index contributed by atoms with van der Waals surface area (Å²) in [6, 6.07) is 0. The Morgan fingerprint density at radius 2 is 2.09 bits per heavy atom. The second-order valence-electron chi connectivity index (χ2n) is 2.94. The van der Waals surface area contributed by atoms with Gasteiger partial charge in [-0.2, -0.15) is 0 Å². The van der Waals surface area contributed by atoms with Gasteiger partial charge < -0.3 is 9.64 Å². The summed E-state index contributed by atoms with van der Waals surface area (Å²) in [4.78, 5) is 12.9. The van der Waals surface area contributed by atoms with Crippen LogP contribution in [0.3, 0.4) is 0 Å². The van der Waals surface area contributed by atoms with Crippen LogP contribution in [0.4, 0.5) is 0 Å². The molecule has 0 aromatic heterocycles. The lowest BCUT2D eigenvalue weighted by Gasteiger charge is -2.01. The van der Waals surface area contributed by atoms with Gasteiger partial charge in [0.15, 0.2) is 5.78 Å². The lowest BCUT2D eigenvalue weighted by atomic mass is 10.2. The van der Waals surface area contributed by atoms with E-state index in [-0.39, 0.29) is 18.0 Å². The number of rotatable bonds is 3. The van der Waals surface area contributed by atoms with Gasteiger partial charge in [0.25, 0.3) is 0 Å². The quantitative estimate of drug-likeness (QED) is 0.437. The molecule has 3 heteroatoms. The first-order valence-corrected chi connectivity index (χ1v) is 3.65. The van der Waals surface area contributed by atoms with Crippen molar-refractivity contribution in [2.75, 3.05) is 14.1 Å². The van der Waals surface area contributed by atoms with E-state index in [4.69, 9.17) is 4.74 Å². The number of carbonyl (C=O) groups is 1. The maximum Gasteiger partial charge on any atom is 0.188 e. The van der Waals surface area contributed by atoms with Crippen molar-refractivity contribution < 1.29 is 9.53 Å². The summed E-state index contributed by atoms with van der Waals surface area (Å²) >= 11 is 0. The molecular weight excluding hydrogens is 142 g/mol. The molecule has 0 unspecified atom stereocenters. The maximum absolute atomic E-state index is 11.1. The monoisotopic (exact) mass is 155 g/mol. The number of ether oxygens (including phenoxy) is 1. The molecule has 62 valence electrons. The first-order chi connectivity index (χ1) is 5.11. The zero-order chi connectivity index (χ0) is 8.43. The highest BCUT2D eigenvalue weighted by Crippen LogP contribution is 2.21. The van der Waals surface area contributed by atoms with Gasteiger partial charge in [-0.05, 0) is 13.0 Å². The van der Waals surface area contributed by atoms with Crippen LogP contribution in [0.2, 0.25) is 0 Å². The maximum atomic E-state index is 11.1. The third kappa shape index (κ3) is 2.35. The van der Waals surface area contributed by atoms with Crippen molar-refractivity contribution in [3.63, 3.8) is 0 Å². The van der Waals surface area contributed by atoms with Crippen LogP contribution < -0.4 is 0 Å². The van der Waals surface area contributed by atoms with E-state index in [1.165, 1.54) is 0 Å². The summed E-state index contributed by atoms with van der Waals surface area (Å²) in [5.74, 6) is 0.0613. The molecule has 0 amide bonds. The van der Waals surface area contributed by atoms with E-state index in [0.717, 1.165) is 0 Å². The SMILES string of the molecule is C[C@@H]1O[C@H]1C(=O)C=CN(C)C. The molecule has 1 aliphatic rings. The summed E-state index contributed by atoms with van der Waals surface area (Å²) in [5.41, 5.74) is 0. The second-order valence-corrected chi connectivity index (χ2v) is 2.94. The first kappa shape index (κ1) is 8.27. The predicted octanol–water partition coefficient (Wildman–Crippen LogP) is 0.418. The molecule has 1 fully saturated rings. The van der Waals surface area contributed by atoms with E-state index in [2.05, 4.69) is 0 Å². The summed E-state index contributed by atoms with van der Waals surface area (Å²) in [6.07, 6.45) is 3.23. The van der Waals surface area contributed by atoms with Crippen molar-refractivity contribution >= 4 is 5.78 Å². The molecule has 1 saturated heterocycles. The fraction of sp³-hybridized carbons (Fsp3) is 0.625. The minimum absolute atomic E-state index is 0.0613. The molecule has 1 aliphatic heterocycles. The molecule has 0 bridgehead atoms. The van der Waals surface area contributed by atoms with Crippen LogP contribution in [0.5, 0.6) is 0 Å². The van der Waals surface area contributed by atoms with Gasteiger partial charge in [0, 0.05) is 20.3 Å². The lowest BCUT2D eigenvalue weighted by molar-refractivity contribution is -0.115. The fourth-order valence-electron chi connectivity index (χ4n) is 0.802. The van der Waals surface area contributed by atoms with E-state index in [1.807, 2.05) is 25.9 Å². The highest BCUT2D eigenvalue weighted by atomic mass is 16.6. The van der Waals surface area contributed by atoms with E-state index < -0.39 is 0 Å². The van der Waals surface area contributed by atoms with Crippen molar-refractivity contribution in [2.24, 2.45) is 0 Å². The molecule has 11 heavy (non-hydrogen) atoms. The largest absolute Gasteiger partial charge is 0.383 e. The van der Waals surface area contributed by atoms with E-state index in [9.17, 15) is 4.79 Å². The molecule has 0 spiro atoms. The molecule has 1 rings (SSSR count). The number of hydrogen-bond donors (Lipinski definition) is 0. The molecule has 2 atom stereocenters. The van der Waals surface area contributed by atoms with Gasteiger partial charge in [-0.1, -0.05) is 0 Å². The fourth-order valence-corrected chi connectivity index (χ4v) is 0.802. The average Bonchev–Trinajstić information content (AvgIpc) is 2.61. The number of ketones is 1. The summed E-state index contributed by atoms with van der Waals surface area (Å²) in [7, 11) is 3.75. The first-order valence-electron chi connectivity index (χ1n) is 3.65. The number of carbonyl (C=O) groups excluding carboxylic acids is 1. The average molecular weight is 155 g/mol. The van der Waals surface area contributed by atoms with Gasteiger partial charge in [-0.15, -0.1) is 0 Å². The Labute approximate surface area is 66.6 Å². The number of epoxide rings is 1. The van der Waals surface area contributed by atoms with Crippen LogP contribution in [-0.4, -0.2) is 37.0 Å². The number of nitrogens with zero attached hydrogens (tertiary/aromatic N) is 1. The Bertz CT molecular complexity index is 187. The zero-order valence-electron chi connectivity index (χ0n) is 7.07. The van der Waals surface area contributed by atoms with Crippen molar-refractivity contribution in [1.82, 2.24) is 4.90 Å². The Kier molecular flexibility index (Phi) is 2.29. The minimum atomic E-state index is -0.175. The van der Waals surface area contributed by atoms with Crippen LogP contribution in [0.25, 0.3) is 0 Å². The van der Waals surface area contributed by atoms with Crippen LogP contribution >= 0.6 is 0 Å². The molecule has 3 nitrogen and oxygen atoms in total. The molecule has 0 saturated carbocycles. The standard InChI is InChI=1S/C8H13NO2/c1-6-8(11-6)7(10)4-5-9(2)3/h4-6,8H,1-3H3/t6-,8+/m0/s1.